The summed E-state index contributed by atoms with van der Waals surface area (Å²) in [7, 11) is 4.32. The average Bonchev–Trinajstić information content (AvgIpc) is 3.02. The van der Waals surface area contributed by atoms with Crippen LogP contribution in [-0.4, -0.2) is 62.4 Å². The van der Waals surface area contributed by atoms with Crippen LogP contribution in [0.2, 0.25) is 0 Å². The number of hydrogen-bond acceptors (Lipinski definition) is 7. The van der Waals surface area contributed by atoms with Crippen LogP contribution in [0.5, 0.6) is 0 Å². The van der Waals surface area contributed by atoms with E-state index in [0.29, 0.717) is 12.3 Å². The summed E-state index contributed by atoms with van der Waals surface area (Å²) in [6.07, 6.45) is 6.19. The zero-order chi connectivity index (χ0) is 21.6. The Morgan fingerprint density at radius 1 is 1.27 bits per heavy atom. The van der Waals surface area contributed by atoms with Gasteiger partial charge in [-0.2, -0.15) is 0 Å². The lowest BCUT2D eigenvalue weighted by Crippen LogP contribution is -2.62. The molecule has 3 aliphatic heterocycles. The normalized spacial score (nSPS) is 24.4. The lowest BCUT2D eigenvalue weighted by Gasteiger charge is -2.47. The van der Waals surface area contributed by atoms with Crippen molar-refractivity contribution < 1.29 is 23.9 Å². The second-order valence-corrected chi connectivity index (χ2v) is 7.37. The Kier molecular flexibility index (Phi) is 4.61. The van der Waals surface area contributed by atoms with Crippen molar-refractivity contribution in [1.29, 1.82) is 0 Å². The molecule has 2 atom stereocenters. The molecule has 0 aliphatic carbocycles. The summed E-state index contributed by atoms with van der Waals surface area (Å²) in [6, 6.07) is 7.10. The number of likely N-dealkylation sites (tertiary alicyclic amines) is 1. The molecular formula is C22H21N3O5. The number of carbonyl (C=O) groups excluding carboxylic acids is 3. The number of fused-ring (bicyclic) bond motifs is 1. The highest BCUT2D eigenvalue weighted by molar-refractivity contribution is 6.15. The number of rotatable bonds is 3. The fourth-order valence-electron chi connectivity index (χ4n) is 4.92. The molecule has 154 valence electrons. The molecule has 1 saturated heterocycles. The van der Waals surface area contributed by atoms with Crippen molar-refractivity contribution in [3.63, 3.8) is 0 Å². The van der Waals surface area contributed by atoms with Crippen molar-refractivity contribution in [2.45, 2.75) is 24.3 Å². The summed E-state index contributed by atoms with van der Waals surface area (Å²) in [5.74, 6) is 1.25. The lowest BCUT2D eigenvalue weighted by molar-refractivity contribution is -0.140. The van der Waals surface area contributed by atoms with Gasteiger partial charge < -0.3 is 14.4 Å². The average molecular weight is 407 g/mol. The molecule has 1 aromatic carbocycles. The molecule has 4 rings (SSSR count). The van der Waals surface area contributed by atoms with Gasteiger partial charge in [-0.3, -0.25) is 9.69 Å². The van der Waals surface area contributed by atoms with Gasteiger partial charge in [-0.25, -0.2) is 14.6 Å². The van der Waals surface area contributed by atoms with Gasteiger partial charge in [-0.1, -0.05) is 24.1 Å². The lowest BCUT2D eigenvalue weighted by atomic mass is 9.66. The van der Waals surface area contributed by atoms with Crippen LogP contribution in [0.15, 0.2) is 40.5 Å². The first-order chi connectivity index (χ1) is 14.4. The molecule has 8 nitrogen and oxygen atoms in total. The Balaban J connectivity index is 2.09. The summed E-state index contributed by atoms with van der Waals surface area (Å²) in [6.45, 7) is 0.0139. The van der Waals surface area contributed by atoms with Crippen LogP contribution in [0, 0.1) is 12.3 Å². The predicted octanol–water partition coefficient (Wildman–Crippen LogP) is 1.01. The number of esters is 2. The Morgan fingerprint density at radius 3 is 2.63 bits per heavy atom. The number of aliphatic imine (C=N–C) groups is 1. The fourth-order valence-corrected chi connectivity index (χ4v) is 4.92. The molecule has 0 bridgehead atoms. The van der Waals surface area contributed by atoms with Gasteiger partial charge in [0.05, 0.1) is 37.8 Å². The highest BCUT2D eigenvalue weighted by Crippen LogP contribution is 2.55. The van der Waals surface area contributed by atoms with E-state index >= 15 is 0 Å². The number of amides is 1. The van der Waals surface area contributed by atoms with E-state index in [9.17, 15) is 14.4 Å². The van der Waals surface area contributed by atoms with Crippen LogP contribution in [0.3, 0.4) is 0 Å². The molecular weight excluding hydrogens is 386 g/mol. The van der Waals surface area contributed by atoms with Gasteiger partial charge in [0.2, 0.25) is 5.91 Å². The number of methoxy groups -OCH3 is 2. The highest BCUT2D eigenvalue weighted by atomic mass is 16.5. The van der Waals surface area contributed by atoms with Gasteiger partial charge in [0.1, 0.15) is 5.84 Å². The van der Waals surface area contributed by atoms with Crippen molar-refractivity contribution in [1.82, 2.24) is 4.90 Å². The van der Waals surface area contributed by atoms with E-state index in [-0.39, 0.29) is 30.1 Å². The number of piperidine rings is 1. The zero-order valence-corrected chi connectivity index (χ0v) is 17.0. The maximum absolute atomic E-state index is 12.9. The summed E-state index contributed by atoms with van der Waals surface area (Å²) >= 11 is 0. The van der Waals surface area contributed by atoms with Crippen LogP contribution in [0.25, 0.3) is 0 Å². The third-order valence-electron chi connectivity index (χ3n) is 6.09. The van der Waals surface area contributed by atoms with Gasteiger partial charge in [0, 0.05) is 19.2 Å². The first-order valence-corrected chi connectivity index (χ1v) is 9.48. The van der Waals surface area contributed by atoms with Gasteiger partial charge in [0.15, 0.2) is 5.70 Å². The first kappa shape index (κ1) is 19.7. The van der Waals surface area contributed by atoms with Crippen molar-refractivity contribution in [2.24, 2.45) is 4.99 Å². The second-order valence-electron chi connectivity index (χ2n) is 7.37. The van der Waals surface area contributed by atoms with Crippen LogP contribution >= 0.6 is 0 Å². The van der Waals surface area contributed by atoms with E-state index in [0.717, 1.165) is 11.3 Å². The second kappa shape index (κ2) is 7.02. The maximum atomic E-state index is 12.9. The van der Waals surface area contributed by atoms with Gasteiger partial charge >= 0.3 is 11.9 Å². The molecule has 1 fully saturated rings. The number of amidine groups is 1. The van der Waals surface area contributed by atoms with E-state index in [2.05, 4.69) is 10.9 Å². The third kappa shape index (κ3) is 2.41. The summed E-state index contributed by atoms with van der Waals surface area (Å²) < 4.78 is 9.93. The zero-order valence-electron chi connectivity index (χ0n) is 17.0. The van der Waals surface area contributed by atoms with E-state index in [4.69, 9.17) is 15.9 Å². The molecule has 0 unspecified atom stereocenters. The van der Waals surface area contributed by atoms with E-state index in [1.165, 1.54) is 19.1 Å². The summed E-state index contributed by atoms with van der Waals surface area (Å²) in [5.41, 5.74) is 0.934. The SMILES string of the molecule is C#CCN1C(=O)CC[C@@]23C1=NC(C(=O)OC)=C(C(=O)OC)[C@@H]2N(C)c1ccccc13. The monoisotopic (exact) mass is 407 g/mol. The summed E-state index contributed by atoms with van der Waals surface area (Å²) in [5, 5.41) is 0. The van der Waals surface area contributed by atoms with Crippen LogP contribution in [-0.2, 0) is 29.3 Å². The molecule has 1 spiro atoms. The third-order valence-corrected chi connectivity index (χ3v) is 6.09. The van der Waals surface area contributed by atoms with Crippen molar-refractivity contribution >= 4 is 29.4 Å². The largest absolute Gasteiger partial charge is 0.466 e. The molecule has 3 heterocycles. The topological polar surface area (TPSA) is 88.5 Å². The number of terminal acetylenes is 1. The standard InChI is InChI=1S/C22H21N3O5/c1-5-12-25-15(26)10-11-22-13-8-6-7-9-14(13)24(2)18(22)16(19(27)29-3)17(20(28)30-4)23-21(22)25/h1,6-9,18H,10-12H2,2-4H3/t18-,22-/m0/s1. The minimum Gasteiger partial charge on any atom is -0.466 e. The van der Waals surface area contributed by atoms with Crippen LogP contribution < -0.4 is 4.90 Å². The van der Waals surface area contributed by atoms with Gasteiger partial charge in [0.25, 0.3) is 0 Å². The quantitative estimate of drug-likeness (QED) is 0.549. The number of likely N-dealkylation sites (N-methyl/N-ethyl adjacent to an activating group) is 1. The van der Waals surface area contributed by atoms with Crippen LogP contribution in [0.1, 0.15) is 18.4 Å². The number of ether oxygens (including phenoxy) is 2. The van der Waals surface area contributed by atoms with E-state index < -0.39 is 23.4 Å². The molecule has 0 aromatic heterocycles. The number of carbonyl (C=O) groups is 3. The number of anilines is 1. The molecule has 1 amide bonds. The number of hydrogen-bond donors (Lipinski definition) is 0. The van der Waals surface area contributed by atoms with E-state index in [1.807, 2.05) is 36.2 Å². The van der Waals surface area contributed by atoms with Crippen molar-refractivity contribution in [2.75, 3.05) is 32.7 Å². The molecule has 0 saturated carbocycles. The molecule has 3 aliphatic rings. The number of benzene rings is 1. The Bertz CT molecular complexity index is 1070. The molecule has 1 aromatic rings. The van der Waals surface area contributed by atoms with Crippen LogP contribution in [0.4, 0.5) is 5.69 Å². The van der Waals surface area contributed by atoms with Crippen molar-refractivity contribution in [3.05, 3.63) is 41.1 Å². The first-order valence-electron chi connectivity index (χ1n) is 9.48. The number of nitrogens with zero attached hydrogens (tertiary/aromatic N) is 3. The molecule has 8 heteroatoms. The maximum Gasteiger partial charge on any atom is 0.357 e. The van der Waals surface area contributed by atoms with E-state index in [1.54, 1.807) is 0 Å². The minimum absolute atomic E-state index is 0.0139. The Morgan fingerprint density at radius 2 is 1.97 bits per heavy atom. The fraction of sp³-hybridized carbons (Fsp3) is 0.364. The molecule has 30 heavy (non-hydrogen) atoms. The molecule has 0 N–H and O–H groups in total. The minimum atomic E-state index is -0.822. The molecule has 0 radical (unpaired) electrons. The highest BCUT2D eigenvalue weighted by Gasteiger charge is 2.62. The Hall–Kier alpha value is -3.60. The number of para-hydroxylation sites is 1. The Labute approximate surface area is 174 Å². The summed E-state index contributed by atoms with van der Waals surface area (Å²) in [4.78, 5) is 46.2. The van der Waals surface area contributed by atoms with Gasteiger partial charge in [-0.15, -0.1) is 6.42 Å². The van der Waals surface area contributed by atoms with Gasteiger partial charge in [-0.05, 0) is 18.1 Å². The van der Waals surface area contributed by atoms with Crippen molar-refractivity contribution in [3.8, 4) is 12.3 Å². The smallest absolute Gasteiger partial charge is 0.357 e. The predicted molar refractivity (Wildman–Crippen MR) is 109 cm³/mol.